The van der Waals surface area contributed by atoms with Crippen molar-refractivity contribution in [3.05, 3.63) is 0 Å². The Morgan fingerprint density at radius 3 is 1.33 bits per heavy atom. The van der Waals surface area contributed by atoms with Crippen molar-refractivity contribution in [3.63, 3.8) is 0 Å². The summed E-state index contributed by atoms with van der Waals surface area (Å²) >= 11 is 0. The van der Waals surface area contributed by atoms with Gasteiger partial charge in [0.05, 0.1) is 0 Å². The molecule has 2 nitrogen and oxygen atoms in total. The molecule has 0 aliphatic carbocycles. The van der Waals surface area contributed by atoms with Gasteiger partial charge in [-0.2, -0.15) is 0 Å². The highest BCUT2D eigenvalue weighted by Gasteiger charge is 2.04. The van der Waals surface area contributed by atoms with E-state index in [2.05, 4.69) is 51.6 Å². The summed E-state index contributed by atoms with van der Waals surface area (Å²) < 4.78 is 0. The van der Waals surface area contributed by atoms with Gasteiger partial charge in [-0.15, -0.1) is 0 Å². The van der Waals surface area contributed by atoms with Crippen molar-refractivity contribution in [3.8, 4) is 0 Å². The topological polar surface area (TPSA) is 6.48 Å². The van der Waals surface area contributed by atoms with Gasteiger partial charge in [0.2, 0.25) is 0 Å². The molecule has 0 rings (SSSR count). The van der Waals surface area contributed by atoms with Crippen LogP contribution in [0.15, 0.2) is 0 Å². The van der Waals surface area contributed by atoms with E-state index in [1.807, 2.05) is 0 Å². The second-order valence-electron chi connectivity index (χ2n) is 5.67. The van der Waals surface area contributed by atoms with Gasteiger partial charge < -0.3 is 9.80 Å². The molecule has 0 radical (unpaired) electrons. The summed E-state index contributed by atoms with van der Waals surface area (Å²) in [5, 5.41) is 0. The molecular weight excluding hydrogens is 184 g/mol. The maximum Gasteiger partial charge on any atom is 0.000134 e. The molecule has 0 heterocycles. The molecule has 2 heteroatoms. The van der Waals surface area contributed by atoms with E-state index in [4.69, 9.17) is 0 Å². The van der Waals surface area contributed by atoms with Crippen molar-refractivity contribution in [2.45, 2.75) is 34.1 Å². The van der Waals surface area contributed by atoms with E-state index in [1.54, 1.807) is 0 Å². The minimum Gasteiger partial charge on any atom is -0.306 e. The predicted octanol–water partition coefficient (Wildman–Crippen LogP) is 2.55. The molecule has 0 amide bonds. The lowest BCUT2D eigenvalue weighted by Crippen LogP contribution is -2.29. The molecule has 0 saturated heterocycles. The van der Waals surface area contributed by atoms with Crippen molar-refractivity contribution in [1.82, 2.24) is 9.80 Å². The molecule has 0 aliphatic rings. The number of hydrogen-bond acceptors (Lipinski definition) is 2. The fraction of sp³-hybridized carbons (Fsp3) is 1.00. The summed E-state index contributed by atoms with van der Waals surface area (Å²) in [6, 6.07) is 0. The van der Waals surface area contributed by atoms with E-state index >= 15 is 0 Å². The first-order valence-corrected chi connectivity index (χ1v) is 6.29. The van der Waals surface area contributed by atoms with Crippen LogP contribution in [0, 0.1) is 11.8 Å². The van der Waals surface area contributed by atoms with Crippen LogP contribution >= 0.6 is 0 Å². The first-order chi connectivity index (χ1) is 6.91. The Morgan fingerprint density at radius 2 is 1.07 bits per heavy atom. The van der Waals surface area contributed by atoms with Gasteiger partial charge in [0, 0.05) is 13.1 Å². The summed E-state index contributed by atoms with van der Waals surface area (Å²) in [6.45, 7) is 14.0. The van der Waals surface area contributed by atoms with Gasteiger partial charge in [0.15, 0.2) is 0 Å². The van der Waals surface area contributed by atoms with Gasteiger partial charge in [0.1, 0.15) is 0 Å². The zero-order valence-electron chi connectivity index (χ0n) is 11.6. The number of nitrogens with zero attached hydrogens (tertiary/aromatic N) is 2. The fourth-order valence-electron chi connectivity index (χ4n) is 2.04. The van der Waals surface area contributed by atoms with Crippen LogP contribution in [0.3, 0.4) is 0 Å². The first-order valence-electron chi connectivity index (χ1n) is 6.29. The average molecular weight is 214 g/mol. The molecule has 15 heavy (non-hydrogen) atoms. The molecule has 0 saturated carbocycles. The van der Waals surface area contributed by atoms with Crippen LogP contribution in [0.25, 0.3) is 0 Å². The Hall–Kier alpha value is -0.0800. The van der Waals surface area contributed by atoms with Crippen LogP contribution in [0.5, 0.6) is 0 Å². The Balaban J connectivity index is 3.44. The Bertz CT molecular complexity index is 127. The smallest absolute Gasteiger partial charge is 0.000134 e. The van der Waals surface area contributed by atoms with Crippen molar-refractivity contribution >= 4 is 0 Å². The summed E-state index contributed by atoms with van der Waals surface area (Å²) in [6.07, 6.45) is 1.28. The standard InChI is InChI=1S/C13H30N2/c1-12(2)10-14(5)8-7-9-15(6)11-13(3)4/h12-13H,7-11H2,1-6H3. The Labute approximate surface area is 96.6 Å². The van der Waals surface area contributed by atoms with Gasteiger partial charge in [-0.1, -0.05) is 27.7 Å². The maximum atomic E-state index is 2.44. The van der Waals surface area contributed by atoms with Crippen molar-refractivity contribution in [2.24, 2.45) is 11.8 Å². The minimum atomic E-state index is 0.781. The van der Waals surface area contributed by atoms with Crippen LogP contribution in [0.1, 0.15) is 34.1 Å². The van der Waals surface area contributed by atoms with E-state index in [9.17, 15) is 0 Å². The van der Waals surface area contributed by atoms with Crippen LogP contribution in [-0.4, -0.2) is 50.1 Å². The summed E-state index contributed by atoms with van der Waals surface area (Å²) in [5.41, 5.74) is 0. The van der Waals surface area contributed by atoms with Gasteiger partial charge in [-0.3, -0.25) is 0 Å². The molecule has 0 aromatic rings. The minimum absolute atomic E-state index is 0.781. The molecule has 0 fully saturated rings. The molecule has 0 aromatic heterocycles. The summed E-state index contributed by atoms with van der Waals surface area (Å²) in [5.74, 6) is 1.56. The van der Waals surface area contributed by atoms with Gasteiger partial charge in [-0.05, 0) is 45.4 Å². The fourth-order valence-corrected chi connectivity index (χ4v) is 2.04. The highest BCUT2D eigenvalue weighted by Crippen LogP contribution is 1.99. The molecule has 92 valence electrons. The number of rotatable bonds is 8. The summed E-state index contributed by atoms with van der Waals surface area (Å²) in [4.78, 5) is 4.88. The van der Waals surface area contributed by atoms with Gasteiger partial charge in [0.25, 0.3) is 0 Å². The normalized spacial score (nSPS) is 12.4. The molecule has 0 N–H and O–H groups in total. The van der Waals surface area contributed by atoms with Crippen LogP contribution < -0.4 is 0 Å². The van der Waals surface area contributed by atoms with Crippen molar-refractivity contribution in [2.75, 3.05) is 40.3 Å². The SMILES string of the molecule is CC(C)CN(C)CCCN(C)CC(C)C. The second-order valence-corrected chi connectivity index (χ2v) is 5.67. The van der Waals surface area contributed by atoms with E-state index in [0.717, 1.165) is 11.8 Å². The van der Waals surface area contributed by atoms with E-state index < -0.39 is 0 Å². The van der Waals surface area contributed by atoms with E-state index in [0.29, 0.717) is 0 Å². The third-order valence-electron chi connectivity index (χ3n) is 2.43. The lowest BCUT2D eigenvalue weighted by atomic mass is 10.2. The van der Waals surface area contributed by atoms with Crippen molar-refractivity contribution in [1.29, 1.82) is 0 Å². The van der Waals surface area contributed by atoms with Gasteiger partial charge >= 0.3 is 0 Å². The van der Waals surface area contributed by atoms with E-state index in [1.165, 1.54) is 32.6 Å². The highest BCUT2D eigenvalue weighted by atomic mass is 15.1. The van der Waals surface area contributed by atoms with Crippen LogP contribution in [-0.2, 0) is 0 Å². The third kappa shape index (κ3) is 10.2. The number of hydrogen-bond donors (Lipinski definition) is 0. The molecule has 0 aromatic carbocycles. The van der Waals surface area contributed by atoms with Crippen LogP contribution in [0.4, 0.5) is 0 Å². The quantitative estimate of drug-likeness (QED) is 0.613. The first kappa shape index (κ1) is 14.9. The molecule has 0 atom stereocenters. The lowest BCUT2D eigenvalue weighted by molar-refractivity contribution is 0.248. The largest absolute Gasteiger partial charge is 0.306 e. The van der Waals surface area contributed by atoms with Gasteiger partial charge in [-0.25, -0.2) is 0 Å². The zero-order valence-corrected chi connectivity index (χ0v) is 11.6. The molecule has 0 unspecified atom stereocenters. The lowest BCUT2D eigenvalue weighted by Gasteiger charge is -2.22. The zero-order chi connectivity index (χ0) is 11.8. The molecule has 0 spiro atoms. The highest BCUT2D eigenvalue weighted by molar-refractivity contribution is 4.59. The monoisotopic (exact) mass is 214 g/mol. The van der Waals surface area contributed by atoms with Crippen molar-refractivity contribution < 1.29 is 0 Å². The second kappa shape index (κ2) is 8.12. The Morgan fingerprint density at radius 1 is 0.733 bits per heavy atom. The van der Waals surface area contributed by atoms with Crippen LogP contribution in [0.2, 0.25) is 0 Å². The molecular formula is C13H30N2. The molecule has 0 bridgehead atoms. The molecule has 0 aliphatic heterocycles. The maximum absolute atomic E-state index is 2.44. The predicted molar refractivity (Wildman–Crippen MR) is 69.3 cm³/mol. The summed E-state index contributed by atoms with van der Waals surface area (Å²) in [7, 11) is 4.45. The third-order valence-corrected chi connectivity index (χ3v) is 2.43. The average Bonchev–Trinajstić information content (AvgIpc) is 2.00. The Kier molecular flexibility index (Phi) is 8.07. The van der Waals surface area contributed by atoms with E-state index in [-0.39, 0.29) is 0 Å².